The molecule has 1 saturated carbocycles. The van der Waals surface area contributed by atoms with Crippen molar-refractivity contribution in [3.8, 4) is 0 Å². The Balaban J connectivity index is 2.27. The first kappa shape index (κ1) is 12.4. The summed E-state index contributed by atoms with van der Waals surface area (Å²) in [7, 11) is 0. The maximum Gasteiger partial charge on any atom is 0.0186 e. The maximum absolute atomic E-state index is 3.64. The Morgan fingerprint density at radius 2 is 2.00 bits per heavy atom. The quantitative estimate of drug-likeness (QED) is 0.755. The van der Waals surface area contributed by atoms with Crippen LogP contribution in [0.3, 0.4) is 0 Å². The van der Waals surface area contributed by atoms with Gasteiger partial charge in [0.15, 0.2) is 0 Å². The molecule has 0 saturated heterocycles. The van der Waals surface area contributed by atoms with Crippen LogP contribution in [0.25, 0.3) is 0 Å². The number of nitrogens with one attached hydrogen (secondary N) is 1. The Kier molecular flexibility index (Phi) is 4.78. The standard InChI is InChI=1S/C12H25NS/c1-5-13-11(10-7-6-8-10)9-14-12(2,3)4/h10-11,13H,5-9H2,1-4H3. The van der Waals surface area contributed by atoms with Crippen molar-refractivity contribution in [1.29, 1.82) is 0 Å². The molecule has 0 bridgehead atoms. The number of thioether (sulfide) groups is 1. The van der Waals surface area contributed by atoms with E-state index < -0.39 is 0 Å². The van der Waals surface area contributed by atoms with E-state index in [0.717, 1.165) is 18.5 Å². The van der Waals surface area contributed by atoms with E-state index in [1.54, 1.807) is 0 Å². The second-order valence-electron chi connectivity index (χ2n) is 5.28. The lowest BCUT2D eigenvalue weighted by atomic mass is 9.80. The van der Waals surface area contributed by atoms with Gasteiger partial charge in [-0.1, -0.05) is 34.1 Å². The van der Waals surface area contributed by atoms with Crippen molar-refractivity contribution in [3.63, 3.8) is 0 Å². The summed E-state index contributed by atoms with van der Waals surface area (Å²) in [5, 5.41) is 3.64. The molecule has 1 unspecified atom stereocenters. The molecule has 1 nitrogen and oxygen atoms in total. The van der Waals surface area contributed by atoms with Crippen LogP contribution in [0.5, 0.6) is 0 Å². The van der Waals surface area contributed by atoms with Crippen LogP contribution in [-0.4, -0.2) is 23.1 Å². The summed E-state index contributed by atoms with van der Waals surface area (Å²) in [6, 6.07) is 0.762. The first-order valence-electron chi connectivity index (χ1n) is 5.90. The molecule has 0 aromatic heterocycles. The molecule has 1 aliphatic rings. The lowest BCUT2D eigenvalue weighted by molar-refractivity contribution is 0.246. The SMILES string of the molecule is CCNC(CSC(C)(C)C)C1CCC1. The van der Waals surface area contributed by atoms with E-state index in [1.165, 1.54) is 25.0 Å². The first-order chi connectivity index (χ1) is 6.53. The van der Waals surface area contributed by atoms with E-state index in [1.807, 2.05) is 0 Å². The van der Waals surface area contributed by atoms with Crippen LogP contribution >= 0.6 is 11.8 Å². The van der Waals surface area contributed by atoms with Crippen LogP contribution in [0.2, 0.25) is 0 Å². The molecule has 1 fully saturated rings. The fourth-order valence-corrected chi connectivity index (χ4v) is 2.88. The van der Waals surface area contributed by atoms with Crippen molar-refractivity contribution >= 4 is 11.8 Å². The third-order valence-electron chi connectivity index (χ3n) is 2.88. The number of hydrogen-bond acceptors (Lipinski definition) is 2. The third kappa shape index (κ3) is 4.22. The minimum atomic E-state index is 0.414. The minimum Gasteiger partial charge on any atom is -0.313 e. The summed E-state index contributed by atoms with van der Waals surface area (Å²) < 4.78 is 0.414. The summed E-state index contributed by atoms with van der Waals surface area (Å²) in [4.78, 5) is 0. The lowest BCUT2D eigenvalue weighted by Crippen LogP contribution is -2.42. The van der Waals surface area contributed by atoms with E-state index in [-0.39, 0.29) is 0 Å². The average molecular weight is 215 g/mol. The van der Waals surface area contributed by atoms with Crippen LogP contribution < -0.4 is 5.32 Å². The zero-order valence-corrected chi connectivity index (χ0v) is 10.9. The summed E-state index contributed by atoms with van der Waals surface area (Å²) in [5.41, 5.74) is 0. The molecule has 1 atom stereocenters. The Hall–Kier alpha value is 0.310. The molecular formula is C12H25NS. The van der Waals surface area contributed by atoms with Crippen LogP contribution in [0.4, 0.5) is 0 Å². The summed E-state index contributed by atoms with van der Waals surface area (Å²) in [6.07, 6.45) is 4.34. The Bertz CT molecular complexity index is 158. The minimum absolute atomic E-state index is 0.414. The van der Waals surface area contributed by atoms with Crippen molar-refractivity contribution in [2.24, 2.45) is 5.92 Å². The van der Waals surface area contributed by atoms with Crippen molar-refractivity contribution in [2.45, 2.75) is 57.7 Å². The normalized spacial score (nSPS) is 20.6. The van der Waals surface area contributed by atoms with Gasteiger partial charge in [0, 0.05) is 16.5 Å². The van der Waals surface area contributed by atoms with Gasteiger partial charge in [-0.3, -0.25) is 0 Å². The van der Waals surface area contributed by atoms with Crippen molar-refractivity contribution in [3.05, 3.63) is 0 Å². The number of rotatable bonds is 5. The van der Waals surface area contributed by atoms with Crippen molar-refractivity contribution in [1.82, 2.24) is 5.32 Å². The molecule has 1 N–H and O–H groups in total. The van der Waals surface area contributed by atoms with Gasteiger partial charge in [0.1, 0.15) is 0 Å². The van der Waals surface area contributed by atoms with Gasteiger partial charge in [0.25, 0.3) is 0 Å². The summed E-state index contributed by atoms with van der Waals surface area (Å²) in [5.74, 6) is 2.24. The first-order valence-corrected chi connectivity index (χ1v) is 6.89. The molecule has 0 amide bonds. The maximum atomic E-state index is 3.64. The summed E-state index contributed by atoms with van der Waals surface area (Å²) in [6.45, 7) is 10.3. The van der Waals surface area contributed by atoms with Crippen molar-refractivity contribution in [2.75, 3.05) is 12.3 Å². The molecule has 0 aliphatic heterocycles. The molecule has 1 rings (SSSR count). The van der Waals surface area contributed by atoms with Crippen LogP contribution in [0.15, 0.2) is 0 Å². The van der Waals surface area contributed by atoms with Gasteiger partial charge in [-0.2, -0.15) is 11.8 Å². The Labute approximate surface area is 93.4 Å². The predicted molar refractivity (Wildman–Crippen MR) is 67.0 cm³/mol. The van der Waals surface area contributed by atoms with E-state index >= 15 is 0 Å². The van der Waals surface area contributed by atoms with Gasteiger partial charge in [0.05, 0.1) is 0 Å². The topological polar surface area (TPSA) is 12.0 Å². The molecule has 0 aromatic rings. The second kappa shape index (κ2) is 5.41. The van der Waals surface area contributed by atoms with E-state index in [9.17, 15) is 0 Å². The zero-order chi connectivity index (χ0) is 10.6. The van der Waals surface area contributed by atoms with Crippen LogP contribution in [-0.2, 0) is 0 Å². The van der Waals surface area contributed by atoms with Crippen LogP contribution in [0, 0.1) is 5.92 Å². The highest BCUT2D eigenvalue weighted by molar-refractivity contribution is 8.00. The molecule has 14 heavy (non-hydrogen) atoms. The molecule has 0 radical (unpaired) electrons. The van der Waals surface area contributed by atoms with E-state index in [2.05, 4.69) is 44.8 Å². The fourth-order valence-electron chi connectivity index (χ4n) is 1.81. The van der Waals surface area contributed by atoms with Gasteiger partial charge in [-0.15, -0.1) is 0 Å². The Morgan fingerprint density at radius 1 is 1.36 bits per heavy atom. The largest absolute Gasteiger partial charge is 0.313 e. The monoisotopic (exact) mass is 215 g/mol. The van der Waals surface area contributed by atoms with Gasteiger partial charge in [-0.25, -0.2) is 0 Å². The zero-order valence-electron chi connectivity index (χ0n) is 10.1. The van der Waals surface area contributed by atoms with Gasteiger partial charge >= 0.3 is 0 Å². The van der Waals surface area contributed by atoms with Gasteiger partial charge in [-0.05, 0) is 25.3 Å². The molecule has 0 spiro atoms. The van der Waals surface area contributed by atoms with Crippen LogP contribution in [0.1, 0.15) is 47.0 Å². The fraction of sp³-hybridized carbons (Fsp3) is 1.00. The second-order valence-corrected chi connectivity index (χ2v) is 7.13. The molecule has 84 valence electrons. The lowest BCUT2D eigenvalue weighted by Gasteiger charge is -2.35. The predicted octanol–water partition coefficient (Wildman–Crippen LogP) is 3.30. The molecular weight excluding hydrogens is 190 g/mol. The third-order valence-corrected chi connectivity index (χ3v) is 4.27. The highest BCUT2D eigenvalue weighted by Gasteiger charge is 2.27. The summed E-state index contributed by atoms with van der Waals surface area (Å²) >= 11 is 2.10. The van der Waals surface area contributed by atoms with Gasteiger partial charge in [0.2, 0.25) is 0 Å². The van der Waals surface area contributed by atoms with E-state index in [0.29, 0.717) is 4.75 Å². The number of hydrogen-bond donors (Lipinski definition) is 1. The Morgan fingerprint density at radius 3 is 2.36 bits per heavy atom. The van der Waals surface area contributed by atoms with E-state index in [4.69, 9.17) is 0 Å². The average Bonchev–Trinajstić information content (AvgIpc) is 1.95. The van der Waals surface area contributed by atoms with Gasteiger partial charge < -0.3 is 5.32 Å². The van der Waals surface area contributed by atoms with Crippen molar-refractivity contribution < 1.29 is 0 Å². The molecule has 0 aromatic carbocycles. The molecule has 1 aliphatic carbocycles. The smallest absolute Gasteiger partial charge is 0.0186 e. The highest BCUT2D eigenvalue weighted by Crippen LogP contribution is 2.33. The molecule has 2 heteroatoms. The molecule has 0 heterocycles. The highest BCUT2D eigenvalue weighted by atomic mass is 32.2.